The molecule has 1 rings (SSSR count). The van der Waals surface area contributed by atoms with Crippen LogP contribution in [0.25, 0.3) is 0 Å². The van der Waals surface area contributed by atoms with E-state index in [9.17, 15) is 0 Å². The second-order valence-electron chi connectivity index (χ2n) is 3.67. The van der Waals surface area contributed by atoms with Crippen molar-refractivity contribution in [3.8, 4) is 0 Å². The molecule has 0 aromatic heterocycles. The maximum absolute atomic E-state index is 5.81. The first-order valence-electron chi connectivity index (χ1n) is 5.71. The number of ether oxygens (including phenoxy) is 2. The lowest BCUT2D eigenvalue weighted by Crippen LogP contribution is -2.37. The Balaban J connectivity index is 3.08. The van der Waals surface area contributed by atoms with Crippen LogP contribution >= 0.6 is 0 Å². The predicted molar refractivity (Wildman–Crippen MR) is 63.9 cm³/mol. The first-order valence-corrected chi connectivity index (χ1v) is 6.12. The van der Waals surface area contributed by atoms with E-state index in [-0.39, 0.29) is 0 Å². The fraction of sp³-hybridized carbons (Fsp3) is 0.667. The molecule has 0 saturated heterocycles. The van der Waals surface area contributed by atoms with E-state index in [2.05, 4.69) is 17.1 Å². The van der Waals surface area contributed by atoms with Crippen LogP contribution in [0.1, 0.15) is 33.1 Å². The summed E-state index contributed by atoms with van der Waals surface area (Å²) in [5.74, 6) is 1.56. The normalized spacial score (nSPS) is 25.4. The lowest BCUT2D eigenvalue weighted by molar-refractivity contribution is -0.0350. The highest BCUT2D eigenvalue weighted by Crippen LogP contribution is 2.38. The van der Waals surface area contributed by atoms with Crippen molar-refractivity contribution in [2.75, 3.05) is 13.2 Å². The second kappa shape index (κ2) is 6.11. The van der Waals surface area contributed by atoms with Crippen LogP contribution in [0.2, 0.25) is 0 Å². The van der Waals surface area contributed by atoms with Gasteiger partial charge in [0.1, 0.15) is 11.4 Å². The largest absolute Gasteiger partial charge is 0.541 e. The molecule has 89 valence electrons. The van der Waals surface area contributed by atoms with Crippen LogP contribution in [0, 0.1) is 0 Å². The van der Waals surface area contributed by atoms with E-state index in [1.807, 2.05) is 19.9 Å². The molecule has 1 aliphatic rings. The zero-order valence-corrected chi connectivity index (χ0v) is 11.0. The summed E-state index contributed by atoms with van der Waals surface area (Å²) in [7, 11) is 3.08. The van der Waals surface area contributed by atoms with Gasteiger partial charge in [-0.25, -0.2) is 0 Å². The van der Waals surface area contributed by atoms with Gasteiger partial charge in [0.25, 0.3) is 0 Å². The van der Waals surface area contributed by atoms with Crippen LogP contribution < -0.4 is 0 Å². The summed E-state index contributed by atoms with van der Waals surface area (Å²) in [5.41, 5.74) is -0.523. The zero-order valence-electron chi connectivity index (χ0n) is 10.0. The van der Waals surface area contributed by atoms with Gasteiger partial charge < -0.3 is 13.9 Å². The highest BCUT2D eigenvalue weighted by atomic mass is 28.2. The van der Waals surface area contributed by atoms with E-state index in [4.69, 9.17) is 13.9 Å². The van der Waals surface area contributed by atoms with Crippen molar-refractivity contribution < 1.29 is 13.9 Å². The Morgan fingerprint density at radius 3 is 2.69 bits per heavy atom. The molecular formula is C12H19O3Si. The lowest BCUT2D eigenvalue weighted by Gasteiger charge is -2.36. The number of hydrogen-bond donors (Lipinski definition) is 0. The van der Waals surface area contributed by atoms with Crippen LogP contribution in [0.15, 0.2) is 24.2 Å². The molecule has 0 saturated carbocycles. The summed E-state index contributed by atoms with van der Waals surface area (Å²) in [4.78, 5) is 0. The summed E-state index contributed by atoms with van der Waals surface area (Å²) in [6.07, 6.45) is 4.56. The van der Waals surface area contributed by atoms with Crippen LogP contribution in [-0.2, 0) is 13.9 Å². The molecule has 0 N–H and O–H groups in total. The van der Waals surface area contributed by atoms with Gasteiger partial charge in [-0.2, -0.15) is 0 Å². The van der Waals surface area contributed by atoms with Crippen molar-refractivity contribution in [2.24, 2.45) is 0 Å². The summed E-state index contributed by atoms with van der Waals surface area (Å²) in [6.45, 7) is 9.00. The molecule has 3 nitrogen and oxygen atoms in total. The first kappa shape index (κ1) is 13.3. The third kappa shape index (κ3) is 2.49. The van der Waals surface area contributed by atoms with Crippen molar-refractivity contribution >= 4 is 10.5 Å². The minimum absolute atomic E-state index is 0.523. The Morgan fingerprint density at radius 2 is 2.19 bits per heavy atom. The number of allylic oxidation sites excluding steroid dienone is 1. The summed E-state index contributed by atoms with van der Waals surface area (Å²) in [6, 6.07) is 0. The highest BCUT2D eigenvalue weighted by Gasteiger charge is 2.39. The molecule has 0 fully saturated rings. The third-order valence-corrected chi connectivity index (χ3v) is 2.98. The van der Waals surface area contributed by atoms with Crippen molar-refractivity contribution in [1.82, 2.24) is 0 Å². The minimum atomic E-state index is -0.523. The van der Waals surface area contributed by atoms with Gasteiger partial charge in [0.05, 0.1) is 6.61 Å². The maximum atomic E-state index is 5.81. The molecule has 0 aromatic rings. The van der Waals surface area contributed by atoms with Crippen molar-refractivity contribution in [3.63, 3.8) is 0 Å². The smallest absolute Gasteiger partial charge is 0.340 e. The van der Waals surface area contributed by atoms with E-state index < -0.39 is 5.60 Å². The first-order chi connectivity index (χ1) is 7.74. The van der Waals surface area contributed by atoms with Gasteiger partial charge in [-0.05, 0) is 26.7 Å². The Morgan fingerprint density at radius 1 is 1.44 bits per heavy atom. The quantitative estimate of drug-likeness (QED) is 0.526. The van der Waals surface area contributed by atoms with Gasteiger partial charge in [0.2, 0.25) is 0 Å². The fourth-order valence-corrected chi connectivity index (χ4v) is 2.26. The van der Waals surface area contributed by atoms with E-state index in [0.29, 0.717) is 13.2 Å². The van der Waals surface area contributed by atoms with Crippen LogP contribution in [0.4, 0.5) is 0 Å². The van der Waals surface area contributed by atoms with E-state index in [0.717, 1.165) is 30.8 Å². The lowest BCUT2D eigenvalue weighted by atomic mass is 9.87. The SMILES string of the molecule is C=CC1(OCC)CCCC(O[Si])=C1OCC. The average Bonchev–Trinajstić information content (AvgIpc) is 2.32. The number of hydrogen-bond acceptors (Lipinski definition) is 3. The molecule has 16 heavy (non-hydrogen) atoms. The molecule has 1 aliphatic carbocycles. The topological polar surface area (TPSA) is 27.7 Å². The summed E-state index contributed by atoms with van der Waals surface area (Å²) < 4.78 is 16.7. The Labute approximate surface area is 101 Å². The van der Waals surface area contributed by atoms with Crippen LogP contribution in [0.5, 0.6) is 0 Å². The second-order valence-corrected chi connectivity index (χ2v) is 3.87. The molecular weight excluding hydrogens is 220 g/mol. The Kier molecular flexibility index (Phi) is 5.08. The monoisotopic (exact) mass is 239 g/mol. The maximum Gasteiger partial charge on any atom is 0.340 e. The van der Waals surface area contributed by atoms with Gasteiger partial charge >= 0.3 is 10.5 Å². The molecule has 0 amide bonds. The molecule has 1 atom stereocenters. The minimum Gasteiger partial charge on any atom is -0.541 e. The van der Waals surface area contributed by atoms with Gasteiger partial charge in [0, 0.05) is 13.0 Å². The number of rotatable bonds is 6. The third-order valence-electron chi connectivity index (χ3n) is 2.73. The van der Waals surface area contributed by atoms with Gasteiger partial charge in [-0.1, -0.05) is 12.7 Å². The van der Waals surface area contributed by atoms with Crippen LogP contribution in [0.3, 0.4) is 0 Å². The summed E-state index contributed by atoms with van der Waals surface area (Å²) >= 11 is 0. The van der Waals surface area contributed by atoms with Crippen LogP contribution in [-0.4, -0.2) is 29.3 Å². The fourth-order valence-electron chi connectivity index (χ4n) is 2.07. The molecule has 1 unspecified atom stereocenters. The average molecular weight is 239 g/mol. The molecule has 0 aliphatic heterocycles. The van der Waals surface area contributed by atoms with Crippen molar-refractivity contribution in [1.29, 1.82) is 0 Å². The van der Waals surface area contributed by atoms with Crippen molar-refractivity contribution in [3.05, 3.63) is 24.2 Å². The predicted octanol–water partition coefficient (Wildman–Crippen LogP) is 2.48. The molecule has 0 heterocycles. The molecule has 3 radical (unpaired) electrons. The molecule has 4 heteroatoms. The molecule has 0 spiro atoms. The van der Waals surface area contributed by atoms with Gasteiger partial charge in [-0.15, -0.1) is 0 Å². The summed E-state index contributed by atoms with van der Waals surface area (Å²) in [5, 5.41) is 0. The Bertz CT molecular complexity index is 275. The van der Waals surface area contributed by atoms with E-state index in [1.165, 1.54) is 0 Å². The standard InChI is InChI=1S/C12H19O3Si/c1-4-12(14-6-3)9-7-8-10(15-16)11(12)13-5-2/h4H,1,5-9H2,2-3H3. The van der Waals surface area contributed by atoms with E-state index in [1.54, 1.807) is 0 Å². The highest BCUT2D eigenvalue weighted by molar-refractivity contribution is 5.98. The van der Waals surface area contributed by atoms with Crippen molar-refractivity contribution in [2.45, 2.75) is 38.7 Å². The Hall–Kier alpha value is -0.743. The molecule has 0 bridgehead atoms. The zero-order chi connectivity index (χ0) is 12.0. The van der Waals surface area contributed by atoms with Gasteiger partial charge in [-0.3, -0.25) is 0 Å². The van der Waals surface area contributed by atoms with Gasteiger partial charge in [0.15, 0.2) is 5.76 Å². The van der Waals surface area contributed by atoms with E-state index >= 15 is 0 Å². The molecule has 0 aromatic carbocycles.